The van der Waals surface area contributed by atoms with Crippen molar-refractivity contribution in [3.8, 4) is 11.9 Å². The average molecular weight is 466 g/mol. The maximum absolute atomic E-state index is 13.0. The zero-order valence-electron chi connectivity index (χ0n) is 17.1. The van der Waals surface area contributed by atoms with Crippen LogP contribution in [0, 0.1) is 11.3 Å². The van der Waals surface area contributed by atoms with Crippen molar-refractivity contribution in [2.75, 3.05) is 17.7 Å². The summed E-state index contributed by atoms with van der Waals surface area (Å²) in [6.45, 7) is 1.85. The molecule has 1 amide bonds. The van der Waals surface area contributed by atoms with Crippen molar-refractivity contribution >= 4 is 23.5 Å². The number of benzene rings is 1. The number of nitrogens with one attached hydrogen (secondary N) is 1. The minimum atomic E-state index is -4.56. The molecule has 0 unspecified atom stereocenters. The predicted molar refractivity (Wildman–Crippen MR) is 115 cm³/mol. The van der Waals surface area contributed by atoms with Gasteiger partial charge in [-0.3, -0.25) is 9.59 Å². The summed E-state index contributed by atoms with van der Waals surface area (Å²) in [7, 11) is 0. The van der Waals surface area contributed by atoms with Crippen LogP contribution < -0.4 is 21.5 Å². The summed E-state index contributed by atoms with van der Waals surface area (Å²) in [5.74, 6) is -1.64. The van der Waals surface area contributed by atoms with Gasteiger partial charge in [-0.15, -0.1) is 0 Å². The van der Waals surface area contributed by atoms with E-state index in [-0.39, 0.29) is 62.1 Å². The lowest BCUT2D eigenvalue weighted by Crippen LogP contribution is -2.33. The third-order valence-corrected chi connectivity index (χ3v) is 4.30. The Balaban J connectivity index is 0.00000544. The summed E-state index contributed by atoms with van der Waals surface area (Å²) in [6, 6.07) is 5.13. The number of nitrogens with zero attached hydrogens (tertiary/aromatic N) is 3. The van der Waals surface area contributed by atoms with Crippen LogP contribution in [0.1, 0.15) is 43.9 Å². The van der Waals surface area contributed by atoms with Gasteiger partial charge in [0.25, 0.3) is 0 Å². The highest BCUT2D eigenvalue weighted by molar-refractivity contribution is 5.89. The second-order valence-electron chi connectivity index (χ2n) is 6.70. The molecule has 33 heavy (non-hydrogen) atoms. The number of nitriles is 1. The summed E-state index contributed by atoms with van der Waals surface area (Å²) >= 11 is 0. The predicted octanol–water partition coefficient (Wildman–Crippen LogP) is 2.84. The van der Waals surface area contributed by atoms with Crippen molar-refractivity contribution < 1.29 is 27.5 Å². The summed E-state index contributed by atoms with van der Waals surface area (Å²) in [6.07, 6.45) is -5.18. The van der Waals surface area contributed by atoms with Gasteiger partial charge < -0.3 is 21.5 Å². The zero-order chi connectivity index (χ0) is 23.9. The van der Waals surface area contributed by atoms with Crippen LogP contribution in [0.25, 0.3) is 0 Å². The number of ketones is 1. The number of alkyl halides is 3. The SMILES string of the molecule is C.CCOc1nc(N)nc(N[C@@H](CCC(N)=O)C(=O)Cc2cccc(C(F)(F)F)c2)c1C#N. The fraction of sp³-hybridized carbons (Fsp3) is 0.381. The van der Waals surface area contributed by atoms with E-state index in [1.165, 1.54) is 12.1 Å². The quantitative estimate of drug-likeness (QED) is 0.482. The summed E-state index contributed by atoms with van der Waals surface area (Å²) in [4.78, 5) is 31.9. The van der Waals surface area contributed by atoms with Gasteiger partial charge in [0, 0.05) is 12.8 Å². The Morgan fingerprint density at radius 1 is 1.30 bits per heavy atom. The Labute approximate surface area is 189 Å². The van der Waals surface area contributed by atoms with E-state index in [0.717, 1.165) is 12.1 Å². The Hall–Kier alpha value is -3.88. The van der Waals surface area contributed by atoms with E-state index in [0.29, 0.717) is 0 Å². The van der Waals surface area contributed by atoms with Gasteiger partial charge in [-0.2, -0.15) is 28.4 Å². The number of amides is 1. The normalized spacial score (nSPS) is 11.6. The molecule has 0 aliphatic carbocycles. The molecule has 0 fully saturated rings. The van der Waals surface area contributed by atoms with Crippen molar-refractivity contribution in [2.45, 2.75) is 45.8 Å². The molecule has 1 aromatic carbocycles. The smallest absolute Gasteiger partial charge is 0.416 e. The van der Waals surface area contributed by atoms with Crippen molar-refractivity contribution in [1.29, 1.82) is 5.26 Å². The van der Waals surface area contributed by atoms with E-state index in [1.54, 1.807) is 6.92 Å². The van der Waals surface area contributed by atoms with Crippen LogP contribution >= 0.6 is 0 Å². The standard InChI is InChI=1S/C20H21F3N6O3.CH4/c1-2-32-18-13(10-24)17(28-19(26)29-18)27-14(6-7-16(25)31)15(30)9-11-4-3-5-12(8-11)20(21,22)23;/h3-5,8,14H,2,6-7,9H2,1H3,(H2,25,31)(H3,26,27,28,29);1H4/t14-;/m0./s1. The van der Waals surface area contributed by atoms with Gasteiger partial charge >= 0.3 is 6.18 Å². The molecule has 1 aromatic heterocycles. The fourth-order valence-corrected chi connectivity index (χ4v) is 2.85. The first-order chi connectivity index (χ1) is 15.0. The Kier molecular flexibility index (Phi) is 9.59. The number of hydrogen-bond acceptors (Lipinski definition) is 8. The number of hydrogen-bond donors (Lipinski definition) is 3. The second kappa shape index (κ2) is 11.7. The molecule has 0 radical (unpaired) electrons. The molecule has 178 valence electrons. The van der Waals surface area contributed by atoms with Crippen molar-refractivity contribution in [1.82, 2.24) is 9.97 Å². The molecular weight excluding hydrogens is 441 g/mol. The molecule has 0 bridgehead atoms. The Morgan fingerprint density at radius 3 is 2.58 bits per heavy atom. The van der Waals surface area contributed by atoms with Crippen molar-refractivity contribution in [3.05, 3.63) is 41.0 Å². The number of nitrogens with two attached hydrogens (primary N) is 2. The van der Waals surface area contributed by atoms with Crippen LogP contribution in [0.3, 0.4) is 0 Å². The molecule has 2 rings (SSSR count). The van der Waals surface area contributed by atoms with Gasteiger partial charge in [0.15, 0.2) is 17.2 Å². The number of halogens is 3. The van der Waals surface area contributed by atoms with E-state index in [4.69, 9.17) is 16.2 Å². The zero-order valence-corrected chi connectivity index (χ0v) is 17.1. The lowest BCUT2D eigenvalue weighted by atomic mass is 9.98. The minimum Gasteiger partial charge on any atom is -0.477 e. The number of primary amides is 1. The highest BCUT2D eigenvalue weighted by atomic mass is 19.4. The van der Waals surface area contributed by atoms with Crippen LogP contribution in [0.4, 0.5) is 24.9 Å². The molecule has 0 saturated heterocycles. The van der Waals surface area contributed by atoms with Gasteiger partial charge in [-0.05, 0) is 25.0 Å². The third-order valence-electron chi connectivity index (χ3n) is 4.30. The number of nitrogen functional groups attached to an aromatic ring is 1. The summed E-state index contributed by atoms with van der Waals surface area (Å²) in [5, 5.41) is 12.2. The van der Waals surface area contributed by atoms with Gasteiger partial charge in [0.2, 0.25) is 17.7 Å². The molecular formula is C21H25F3N6O3. The molecule has 2 aromatic rings. The molecule has 1 atom stereocenters. The summed E-state index contributed by atoms with van der Waals surface area (Å²) < 4.78 is 44.2. The van der Waals surface area contributed by atoms with Crippen LogP contribution in [0.15, 0.2) is 24.3 Å². The van der Waals surface area contributed by atoms with E-state index < -0.39 is 29.5 Å². The molecule has 0 spiro atoms. The Morgan fingerprint density at radius 2 is 2.00 bits per heavy atom. The van der Waals surface area contributed by atoms with Crippen LogP contribution in [0.2, 0.25) is 0 Å². The van der Waals surface area contributed by atoms with Crippen LogP contribution in [-0.4, -0.2) is 34.3 Å². The molecule has 1 heterocycles. The number of aromatic nitrogens is 2. The topological polar surface area (TPSA) is 157 Å². The first kappa shape index (κ1) is 27.2. The fourth-order valence-electron chi connectivity index (χ4n) is 2.85. The largest absolute Gasteiger partial charge is 0.477 e. The van der Waals surface area contributed by atoms with Gasteiger partial charge in [0.05, 0.1) is 18.2 Å². The van der Waals surface area contributed by atoms with Gasteiger partial charge in [-0.1, -0.05) is 25.6 Å². The van der Waals surface area contributed by atoms with E-state index in [1.807, 2.05) is 6.07 Å². The van der Waals surface area contributed by atoms with E-state index in [9.17, 15) is 28.0 Å². The average Bonchev–Trinajstić information content (AvgIpc) is 2.70. The minimum absolute atomic E-state index is 0. The highest BCUT2D eigenvalue weighted by Crippen LogP contribution is 2.30. The highest BCUT2D eigenvalue weighted by Gasteiger charge is 2.31. The van der Waals surface area contributed by atoms with Gasteiger partial charge in [0.1, 0.15) is 6.07 Å². The first-order valence-electron chi connectivity index (χ1n) is 9.49. The van der Waals surface area contributed by atoms with E-state index in [2.05, 4.69) is 15.3 Å². The number of rotatable bonds is 10. The third kappa shape index (κ3) is 7.64. The van der Waals surface area contributed by atoms with Crippen LogP contribution in [-0.2, 0) is 22.2 Å². The monoisotopic (exact) mass is 466 g/mol. The first-order valence-corrected chi connectivity index (χ1v) is 9.49. The number of carbonyl (C=O) groups excluding carboxylic acids is 2. The van der Waals surface area contributed by atoms with Crippen molar-refractivity contribution in [2.24, 2.45) is 5.73 Å². The van der Waals surface area contributed by atoms with Crippen LogP contribution in [0.5, 0.6) is 5.88 Å². The molecule has 0 saturated carbocycles. The maximum Gasteiger partial charge on any atom is 0.416 e. The van der Waals surface area contributed by atoms with Gasteiger partial charge in [-0.25, -0.2) is 0 Å². The number of carbonyl (C=O) groups is 2. The van der Waals surface area contributed by atoms with E-state index >= 15 is 0 Å². The second-order valence-corrected chi connectivity index (χ2v) is 6.70. The summed E-state index contributed by atoms with van der Waals surface area (Å²) in [5.41, 5.74) is 9.96. The molecule has 0 aliphatic rings. The molecule has 0 aliphatic heterocycles. The Bertz CT molecular complexity index is 1040. The molecule has 5 N–H and O–H groups in total. The molecule has 9 nitrogen and oxygen atoms in total. The number of anilines is 2. The lowest BCUT2D eigenvalue weighted by Gasteiger charge is -2.19. The van der Waals surface area contributed by atoms with Crippen molar-refractivity contribution in [3.63, 3.8) is 0 Å². The maximum atomic E-state index is 13.0. The lowest BCUT2D eigenvalue weighted by molar-refractivity contribution is -0.137. The number of Topliss-reactive ketones (excluding diaryl/α,β-unsaturated/α-hetero) is 1. The molecule has 12 heteroatoms. The number of ether oxygens (including phenoxy) is 1.